The van der Waals surface area contributed by atoms with Crippen LogP contribution in [-0.4, -0.2) is 17.1 Å². The number of hydrogen-bond donors (Lipinski definition) is 0. The van der Waals surface area contributed by atoms with Gasteiger partial charge in [0.25, 0.3) is 0 Å². The molecule has 0 nitrogen and oxygen atoms in total. The first-order valence-electron chi connectivity index (χ1n) is 1.69. The molecule has 0 aromatic rings. The first-order chi connectivity index (χ1) is 2.45. The Hall–Kier alpha value is 0.580. The van der Waals surface area contributed by atoms with Crippen LogP contribution in [0.1, 0.15) is 0 Å². The van der Waals surface area contributed by atoms with E-state index < -0.39 is 17.1 Å². The van der Waals surface area contributed by atoms with Crippen LogP contribution in [0.3, 0.4) is 0 Å². The molecule has 7 heavy (non-hydrogen) atoms. The normalized spacial score (nSPS) is 23.1. The van der Waals surface area contributed by atoms with Crippen LogP contribution in [0.2, 0.25) is 14.9 Å². The van der Waals surface area contributed by atoms with Crippen molar-refractivity contribution in [1.29, 1.82) is 0 Å². The molecule has 0 amide bonds. The molecule has 0 unspecified atom stereocenters. The Morgan fingerprint density at radius 2 is 0.857 bits per heavy atom. The second-order valence-electron chi connectivity index (χ2n) is 2.79. The van der Waals surface area contributed by atoms with E-state index in [0.717, 1.165) is 0 Å². The van der Waals surface area contributed by atoms with Crippen LogP contribution in [0.25, 0.3) is 0 Å². The number of hydrogen-bond acceptors (Lipinski definition) is 0. The molecule has 0 aliphatic heterocycles. The van der Waals surface area contributed by atoms with Crippen LogP contribution >= 0.6 is 0 Å². The third kappa shape index (κ3) is 411. The van der Waals surface area contributed by atoms with Gasteiger partial charge in [-0.05, 0) is 0 Å². The average Bonchev–Trinajstić information content (AvgIpc) is 0.592. The predicted octanol–water partition coefficient (Wildman–Crippen LogP) is 2.63. The molecule has 48 valence electrons. The van der Waals surface area contributed by atoms with Crippen molar-refractivity contribution in [3.8, 4) is 0 Å². The molecular formula is C3H9F3Te. The molecule has 0 aliphatic carbocycles. The van der Waals surface area contributed by atoms with Crippen LogP contribution in [0.5, 0.6) is 0 Å². The Kier molecular flexibility index (Phi) is 0.914. The fraction of sp³-hybridized carbons (Fsp3) is 1.00. The average molecular weight is 230 g/mol. The van der Waals surface area contributed by atoms with Gasteiger partial charge in [-0.15, -0.1) is 0 Å². The van der Waals surface area contributed by atoms with E-state index in [0.29, 0.717) is 14.9 Å². The molecule has 0 aromatic heterocycles. The fourth-order valence-electron chi connectivity index (χ4n) is 0. The summed E-state index contributed by atoms with van der Waals surface area (Å²) < 4.78 is 35.8. The maximum atomic E-state index is 11.9. The van der Waals surface area contributed by atoms with E-state index in [-0.39, 0.29) is 0 Å². The van der Waals surface area contributed by atoms with Gasteiger partial charge in [0.15, 0.2) is 0 Å². The molecule has 0 saturated carbocycles. The van der Waals surface area contributed by atoms with Crippen molar-refractivity contribution in [2.24, 2.45) is 0 Å². The van der Waals surface area contributed by atoms with E-state index in [1.807, 2.05) is 0 Å². The van der Waals surface area contributed by atoms with E-state index >= 15 is 0 Å². The van der Waals surface area contributed by atoms with Crippen LogP contribution in [0, 0.1) is 0 Å². The van der Waals surface area contributed by atoms with Crippen molar-refractivity contribution in [2.45, 2.75) is 14.9 Å². The maximum absolute atomic E-state index is 11.9. The van der Waals surface area contributed by atoms with Crippen molar-refractivity contribution in [1.82, 2.24) is 0 Å². The van der Waals surface area contributed by atoms with Crippen LogP contribution in [0.4, 0.5) is 8.68 Å². The summed E-state index contributed by atoms with van der Waals surface area (Å²) in [6.45, 7) is 0. The topological polar surface area (TPSA) is 0 Å². The molecule has 0 fully saturated rings. The summed E-state index contributed by atoms with van der Waals surface area (Å²) in [5.41, 5.74) is 0. The molecule has 0 bridgehead atoms. The summed E-state index contributed by atoms with van der Waals surface area (Å²) in [6, 6.07) is 0. The Morgan fingerprint density at radius 3 is 0.857 bits per heavy atom. The zero-order chi connectivity index (χ0) is 6.41. The van der Waals surface area contributed by atoms with Gasteiger partial charge in [0.1, 0.15) is 0 Å². The van der Waals surface area contributed by atoms with E-state index in [1.165, 1.54) is 0 Å². The molecule has 0 rings (SSSR count). The first-order valence-corrected chi connectivity index (χ1v) is 11.3. The van der Waals surface area contributed by atoms with E-state index in [9.17, 15) is 8.68 Å². The molecule has 0 saturated heterocycles. The van der Waals surface area contributed by atoms with Gasteiger partial charge in [-0.2, -0.15) is 0 Å². The van der Waals surface area contributed by atoms with E-state index in [1.54, 1.807) is 0 Å². The summed E-state index contributed by atoms with van der Waals surface area (Å²) in [5, 5.41) is 0. The van der Waals surface area contributed by atoms with Gasteiger partial charge < -0.3 is 0 Å². The van der Waals surface area contributed by atoms with Gasteiger partial charge >= 0.3 is 40.7 Å². The second kappa shape index (κ2) is 0.844. The van der Waals surface area contributed by atoms with E-state index in [4.69, 9.17) is 0 Å². The third-order valence-electron chi connectivity index (χ3n) is 0. The quantitative estimate of drug-likeness (QED) is 0.561. The summed E-state index contributed by atoms with van der Waals surface area (Å²) >= 11 is -6.68. The molecule has 0 spiro atoms. The van der Waals surface area contributed by atoms with Gasteiger partial charge in [0.05, 0.1) is 0 Å². The van der Waals surface area contributed by atoms with Gasteiger partial charge in [0.2, 0.25) is 0 Å². The zero-order valence-corrected chi connectivity index (χ0v) is 6.87. The SMILES string of the molecule is C[Te](C)(C)(F)(F)F. The molecule has 0 heterocycles. The summed E-state index contributed by atoms with van der Waals surface area (Å²) in [4.78, 5) is 1.26. The zero-order valence-electron chi connectivity index (χ0n) is 4.54. The number of halogens is 3. The predicted molar refractivity (Wildman–Crippen MR) is 26.7 cm³/mol. The Balaban J connectivity index is 4.43. The summed E-state index contributed by atoms with van der Waals surface area (Å²) in [5.74, 6) is 0. The van der Waals surface area contributed by atoms with Crippen molar-refractivity contribution in [3.63, 3.8) is 0 Å². The molecule has 4 heteroatoms. The summed E-state index contributed by atoms with van der Waals surface area (Å²) in [7, 11) is 0. The van der Waals surface area contributed by atoms with Gasteiger partial charge in [-0.1, -0.05) is 0 Å². The van der Waals surface area contributed by atoms with Crippen LogP contribution in [0.15, 0.2) is 0 Å². The Bertz CT molecular complexity index is 68.7. The minimum atomic E-state index is -6.68. The monoisotopic (exact) mass is 232 g/mol. The van der Waals surface area contributed by atoms with Gasteiger partial charge in [-0.3, -0.25) is 0 Å². The first kappa shape index (κ1) is 7.58. The minimum absolute atomic E-state index is 0.418. The standard InChI is InChI=1S/C3H9F3Te/c1-7(2,3,4,5)6/h1-3H3. The summed E-state index contributed by atoms with van der Waals surface area (Å²) in [6.07, 6.45) is 0. The Morgan fingerprint density at radius 1 is 0.857 bits per heavy atom. The number of rotatable bonds is 0. The van der Waals surface area contributed by atoms with Crippen molar-refractivity contribution >= 4 is 17.1 Å². The molecule has 0 N–H and O–H groups in total. The molecule has 0 radical (unpaired) electrons. The van der Waals surface area contributed by atoms with Crippen LogP contribution in [-0.2, 0) is 0 Å². The van der Waals surface area contributed by atoms with Crippen molar-refractivity contribution in [2.75, 3.05) is 0 Å². The van der Waals surface area contributed by atoms with Crippen LogP contribution < -0.4 is 0 Å². The van der Waals surface area contributed by atoms with E-state index in [2.05, 4.69) is 0 Å². The van der Waals surface area contributed by atoms with Crippen molar-refractivity contribution in [3.05, 3.63) is 0 Å². The van der Waals surface area contributed by atoms with Gasteiger partial charge in [0, 0.05) is 0 Å². The van der Waals surface area contributed by atoms with Crippen molar-refractivity contribution < 1.29 is 8.68 Å². The Labute approximate surface area is 41.2 Å². The third-order valence-corrected chi connectivity index (χ3v) is 0. The molecule has 0 atom stereocenters. The second-order valence-corrected chi connectivity index (χ2v) is 18.7. The molecule has 0 aliphatic rings. The fourth-order valence-corrected chi connectivity index (χ4v) is 0. The van der Waals surface area contributed by atoms with Gasteiger partial charge in [-0.25, -0.2) is 0 Å². The molecular weight excluding hydrogens is 221 g/mol. The molecule has 0 aromatic carbocycles.